The molecule has 1 heterocycles. The number of nitro groups is 1. The molecule has 0 unspecified atom stereocenters. The molecule has 0 atom stereocenters. The highest BCUT2D eigenvalue weighted by Crippen LogP contribution is 2.37. The maximum absolute atomic E-state index is 12.6. The summed E-state index contributed by atoms with van der Waals surface area (Å²) in [7, 11) is 1.23. The van der Waals surface area contributed by atoms with Gasteiger partial charge < -0.3 is 9.84 Å². The molecule has 9 nitrogen and oxygen atoms in total. The highest BCUT2D eigenvalue weighted by atomic mass is 35.5. The molecule has 1 saturated heterocycles. The number of benzene rings is 2. The Bertz CT molecular complexity index is 987. The largest absolute Gasteiger partial charge is 0.500 e. The molecule has 0 aliphatic carbocycles. The summed E-state index contributed by atoms with van der Waals surface area (Å²) in [6.45, 7) is 0. The third-order valence-electron chi connectivity index (χ3n) is 3.78. The fraction of sp³-hybridized carbons (Fsp3) is 0.0588. The molecule has 1 fully saturated rings. The van der Waals surface area contributed by atoms with Crippen LogP contribution in [0.4, 0.5) is 11.4 Å². The first kappa shape index (κ1) is 18.2. The Kier molecular flexibility index (Phi) is 4.70. The summed E-state index contributed by atoms with van der Waals surface area (Å²) in [4.78, 5) is 35.1. The van der Waals surface area contributed by atoms with Crippen molar-refractivity contribution in [2.24, 2.45) is 0 Å². The minimum atomic E-state index is -0.795. The van der Waals surface area contributed by atoms with Gasteiger partial charge in [-0.15, -0.1) is 0 Å². The number of hydrogen-bond acceptors (Lipinski definition) is 6. The summed E-state index contributed by atoms with van der Waals surface area (Å²) in [6, 6.07) is 8.55. The summed E-state index contributed by atoms with van der Waals surface area (Å²) in [5.41, 5.74) is 2.11. The number of hydrogen-bond donors (Lipinski definition) is 2. The topological polar surface area (TPSA) is 122 Å². The minimum absolute atomic E-state index is 0.146. The van der Waals surface area contributed by atoms with Crippen LogP contribution in [-0.4, -0.2) is 29.0 Å². The molecule has 0 radical (unpaired) electrons. The molecule has 3 rings (SSSR count). The molecule has 0 spiro atoms. The molecule has 0 saturated carbocycles. The molecule has 0 aromatic heterocycles. The zero-order valence-electron chi connectivity index (χ0n) is 13.8. The van der Waals surface area contributed by atoms with Gasteiger partial charge in [-0.1, -0.05) is 11.6 Å². The minimum Gasteiger partial charge on any atom is -0.500 e. The summed E-state index contributed by atoms with van der Waals surface area (Å²) >= 11 is 5.81. The average molecular weight is 390 g/mol. The lowest BCUT2D eigenvalue weighted by Crippen LogP contribution is -2.35. The second-order valence-electron chi connectivity index (χ2n) is 5.46. The van der Waals surface area contributed by atoms with Crippen LogP contribution in [-0.2, 0) is 9.59 Å². The fourth-order valence-corrected chi connectivity index (χ4v) is 2.61. The van der Waals surface area contributed by atoms with E-state index in [0.29, 0.717) is 10.7 Å². The van der Waals surface area contributed by atoms with E-state index >= 15 is 0 Å². The number of halogens is 1. The van der Waals surface area contributed by atoms with Crippen molar-refractivity contribution in [3.8, 4) is 11.5 Å². The summed E-state index contributed by atoms with van der Waals surface area (Å²) < 4.78 is 4.90. The first-order chi connectivity index (χ1) is 12.8. The van der Waals surface area contributed by atoms with Gasteiger partial charge in [-0.25, -0.2) is 5.01 Å². The van der Waals surface area contributed by atoms with Crippen molar-refractivity contribution in [2.45, 2.75) is 0 Å². The van der Waals surface area contributed by atoms with Crippen molar-refractivity contribution in [1.82, 2.24) is 5.43 Å². The Morgan fingerprint density at radius 2 is 1.93 bits per heavy atom. The molecular formula is C17H12ClN3O6. The molecule has 138 valence electrons. The smallest absolute Gasteiger partial charge is 0.315 e. The van der Waals surface area contributed by atoms with Gasteiger partial charge in [0.1, 0.15) is 5.57 Å². The lowest BCUT2D eigenvalue weighted by molar-refractivity contribution is -0.386. The standard InChI is InChI=1S/C17H12ClN3O6/c1-27-14-8-9(7-13(15(14)22)21(25)26)6-12-16(23)19-20(17(12)24)11-4-2-10(18)3-5-11/h2-8,22H,1H3,(H,19,23)/b12-6+. The lowest BCUT2D eigenvalue weighted by Gasteiger charge is -2.14. The number of nitrogens with one attached hydrogen (secondary N) is 1. The normalized spacial score (nSPS) is 15.2. The molecule has 27 heavy (non-hydrogen) atoms. The summed E-state index contributed by atoms with van der Waals surface area (Å²) in [5, 5.41) is 22.4. The van der Waals surface area contributed by atoms with Crippen molar-refractivity contribution >= 4 is 40.9 Å². The number of carbonyl (C=O) groups is 2. The van der Waals surface area contributed by atoms with Crippen LogP contribution in [0, 0.1) is 10.1 Å². The van der Waals surface area contributed by atoms with Crippen LogP contribution in [0.1, 0.15) is 5.56 Å². The first-order valence-corrected chi connectivity index (χ1v) is 7.87. The van der Waals surface area contributed by atoms with Crippen LogP contribution in [0.3, 0.4) is 0 Å². The molecule has 1 aliphatic rings. The van der Waals surface area contributed by atoms with Crippen molar-refractivity contribution in [3.05, 3.63) is 62.7 Å². The molecule has 0 bridgehead atoms. The number of methoxy groups -OCH3 is 1. The summed E-state index contributed by atoms with van der Waals surface area (Å²) in [5.74, 6) is -2.12. The molecule has 2 aromatic rings. The van der Waals surface area contributed by atoms with E-state index in [1.54, 1.807) is 24.3 Å². The van der Waals surface area contributed by atoms with E-state index in [1.807, 2.05) is 0 Å². The second-order valence-corrected chi connectivity index (χ2v) is 5.90. The SMILES string of the molecule is COc1cc(/C=C2\C(=O)NN(c3ccc(Cl)cc3)C2=O)cc([N+](=O)[O-])c1O. The zero-order valence-corrected chi connectivity index (χ0v) is 14.6. The quantitative estimate of drug-likeness (QED) is 0.358. The van der Waals surface area contributed by atoms with Crippen LogP contribution >= 0.6 is 11.6 Å². The van der Waals surface area contributed by atoms with Gasteiger partial charge in [0.25, 0.3) is 11.8 Å². The van der Waals surface area contributed by atoms with E-state index in [9.17, 15) is 24.8 Å². The van der Waals surface area contributed by atoms with Crippen molar-refractivity contribution in [1.29, 1.82) is 0 Å². The van der Waals surface area contributed by atoms with Crippen LogP contribution in [0.15, 0.2) is 42.0 Å². The number of amides is 2. The number of aromatic hydroxyl groups is 1. The molecule has 1 aliphatic heterocycles. The number of carbonyl (C=O) groups excluding carboxylic acids is 2. The molecule has 2 aromatic carbocycles. The Balaban J connectivity index is 2.01. The van der Waals surface area contributed by atoms with Gasteiger partial charge in [0.2, 0.25) is 5.75 Å². The molecule has 2 N–H and O–H groups in total. The Labute approximate surface area is 157 Å². The van der Waals surface area contributed by atoms with E-state index in [1.165, 1.54) is 19.3 Å². The van der Waals surface area contributed by atoms with Crippen molar-refractivity contribution in [3.63, 3.8) is 0 Å². The molecule has 2 amide bonds. The van der Waals surface area contributed by atoms with Gasteiger partial charge in [-0.2, -0.15) is 0 Å². The highest BCUT2D eigenvalue weighted by Gasteiger charge is 2.34. The van der Waals surface area contributed by atoms with Crippen LogP contribution < -0.4 is 15.2 Å². The van der Waals surface area contributed by atoms with E-state index in [0.717, 1.165) is 11.1 Å². The van der Waals surface area contributed by atoms with Gasteiger partial charge in [0, 0.05) is 11.1 Å². The predicted octanol–water partition coefficient (Wildman–Crippen LogP) is 2.42. The number of nitrogens with zero attached hydrogens (tertiary/aromatic N) is 2. The number of anilines is 1. The van der Waals surface area contributed by atoms with Gasteiger partial charge in [0.05, 0.1) is 17.7 Å². The maximum Gasteiger partial charge on any atom is 0.315 e. The Morgan fingerprint density at radius 3 is 2.52 bits per heavy atom. The number of hydrazine groups is 1. The van der Waals surface area contributed by atoms with E-state index in [2.05, 4.69) is 5.43 Å². The van der Waals surface area contributed by atoms with Crippen LogP contribution in [0.5, 0.6) is 11.5 Å². The Morgan fingerprint density at radius 1 is 1.26 bits per heavy atom. The average Bonchev–Trinajstić information content (AvgIpc) is 2.91. The number of rotatable bonds is 4. The van der Waals surface area contributed by atoms with Gasteiger partial charge in [-0.3, -0.25) is 25.1 Å². The number of phenolic OH excluding ortho intramolecular Hbond substituents is 1. The first-order valence-electron chi connectivity index (χ1n) is 7.50. The molecule has 10 heteroatoms. The third kappa shape index (κ3) is 3.40. The van der Waals surface area contributed by atoms with E-state index in [4.69, 9.17) is 16.3 Å². The van der Waals surface area contributed by atoms with Gasteiger partial charge in [-0.05, 0) is 42.0 Å². The molecular weight excluding hydrogens is 378 g/mol. The fourth-order valence-electron chi connectivity index (χ4n) is 2.49. The van der Waals surface area contributed by atoms with E-state index in [-0.39, 0.29) is 16.9 Å². The second kappa shape index (κ2) is 6.96. The number of phenols is 1. The highest BCUT2D eigenvalue weighted by molar-refractivity contribution is 6.32. The number of ether oxygens (including phenoxy) is 1. The summed E-state index contributed by atoms with van der Waals surface area (Å²) in [6.07, 6.45) is 1.18. The van der Waals surface area contributed by atoms with Crippen LogP contribution in [0.2, 0.25) is 5.02 Å². The van der Waals surface area contributed by atoms with Crippen molar-refractivity contribution in [2.75, 3.05) is 12.1 Å². The zero-order chi connectivity index (χ0) is 19.7. The predicted molar refractivity (Wildman–Crippen MR) is 96.4 cm³/mol. The third-order valence-corrected chi connectivity index (χ3v) is 4.03. The van der Waals surface area contributed by atoms with E-state index < -0.39 is 28.2 Å². The maximum atomic E-state index is 12.6. The Hall–Kier alpha value is -3.59. The van der Waals surface area contributed by atoms with Crippen LogP contribution in [0.25, 0.3) is 6.08 Å². The van der Waals surface area contributed by atoms with Gasteiger partial charge >= 0.3 is 5.69 Å². The number of nitro benzene ring substituents is 1. The monoisotopic (exact) mass is 389 g/mol. The van der Waals surface area contributed by atoms with Crippen molar-refractivity contribution < 1.29 is 24.4 Å². The van der Waals surface area contributed by atoms with Gasteiger partial charge in [0.15, 0.2) is 5.75 Å². The lowest BCUT2D eigenvalue weighted by atomic mass is 10.1.